The molecule has 1 N–H and O–H groups in total. The highest BCUT2D eigenvalue weighted by molar-refractivity contribution is 7.07. The highest BCUT2D eigenvalue weighted by atomic mass is 32.1. The van der Waals surface area contributed by atoms with Crippen molar-refractivity contribution in [3.05, 3.63) is 22.4 Å². The fraction of sp³-hybridized carbons (Fsp3) is 0.667. The van der Waals surface area contributed by atoms with Crippen molar-refractivity contribution in [3.63, 3.8) is 0 Å². The van der Waals surface area contributed by atoms with Gasteiger partial charge in [0.05, 0.1) is 0 Å². The van der Waals surface area contributed by atoms with Crippen molar-refractivity contribution >= 4 is 11.3 Å². The monoisotopic (exact) mass is 211 g/mol. The van der Waals surface area contributed by atoms with Crippen molar-refractivity contribution in [3.8, 4) is 0 Å². The number of hydrogen-bond donors (Lipinski definition) is 1. The van der Waals surface area contributed by atoms with Gasteiger partial charge in [-0.15, -0.1) is 0 Å². The lowest BCUT2D eigenvalue weighted by molar-refractivity contribution is 0.499. The molecule has 1 rings (SSSR count). The molecule has 1 aromatic heterocycles. The molecule has 1 nitrogen and oxygen atoms in total. The van der Waals surface area contributed by atoms with Crippen molar-refractivity contribution < 1.29 is 0 Å². The molecule has 0 aromatic carbocycles. The molecular weight excluding hydrogens is 190 g/mol. The van der Waals surface area contributed by atoms with Crippen molar-refractivity contribution in [1.82, 2.24) is 5.32 Å². The first-order valence-corrected chi connectivity index (χ1v) is 6.49. The highest BCUT2D eigenvalue weighted by Gasteiger charge is 2.03. The van der Waals surface area contributed by atoms with E-state index in [9.17, 15) is 0 Å². The van der Waals surface area contributed by atoms with Gasteiger partial charge in [-0.1, -0.05) is 13.8 Å². The van der Waals surface area contributed by atoms with Gasteiger partial charge in [-0.05, 0) is 60.7 Å². The highest BCUT2D eigenvalue weighted by Crippen LogP contribution is 2.13. The molecule has 0 bridgehead atoms. The summed E-state index contributed by atoms with van der Waals surface area (Å²) in [6, 6.07) is 2.24. The molecule has 0 fully saturated rings. The Bertz CT molecular complexity index is 218. The largest absolute Gasteiger partial charge is 0.317 e. The summed E-state index contributed by atoms with van der Waals surface area (Å²) in [5.41, 5.74) is 1.50. The van der Waals surface area contributed by atoms with Crippen LogP contribution in [0.25, 0.3) is 0 Å². The molecule has 14 heavy (non-hydrogen) atoms. The molecule has 1 aromatic rings. The minimum absolute atomic E-state index is 0.800. The van der Waals surface area contributed by atoms with E-state index >= 15 is 0 Å². The minimum Gasteiger partial charge on any atom is -0.317 e. The molecule has 80 valence electrons. The summed E-state index contributed by atoms with van der Waals surface area (Å²) in [5, 5.41) is 7.87. The van der Waals surface area contributed by atoms with Gasteiger partial charge in [0.1, 0.15) is 0 Å². The van der Waals surface area contributed by atoms with E-state index in [0.717, 1.165) is 12.5 Å². The van der Waals surface area contributed by atoms with Crippen LogP contribution in [0.5, 0.6) is 0 Å². The van der Waals surface area contributed by atoms with Gasteiger partial charge in [0, 0.05) is 0 Å². The predicted molar refractivity (Wildman–Crippen MR) is 65.0 cm³/mol. The quantitative estimate of drug-likeness (QED) is 0.682. The Morgan fingerprint density at radius 2 is 2.29 bits per heavy atom. The Morgan fingerprint density at radius 3 is 2.93 bits per heavy atom. The third-order valence-electron chi connectivity index (χ3n) is 2.40. The lowest BCUT2D eigenvalue weighted by atomic mass is 10.0. The summed E-state index contributed by atoms with van der Waals surface area (Å²) in [6.45, 7) is 6.87. The van der Waals surface area contributed by atoms with Crippen LogP contribution in [-0.2, 0) is 6.42 Å². The second-order valence-electron chi connectivity index (χ2n) is 3.98. The van der Waals surface area contributed by atoms with Gasteiger partial charge in [-0.25, -0.2) is 0 Å². The standard InChI is InChI=1S/C12H21NS/c1-3-6-13-7-4-11(2)9-12-5-8-14-10-12/h5,8,10-11,13H,3-4,6-7,9H2,1-2H3. The van der Waals surface area contributed by atoms with Crippen molar-refractivity contribution in [2.24, 2.45) is 5.92 Å². The van der Waals surface area contributed by atoms with Gasteiger partial charge < -0.3 is 5.32 Å². The summed E-state index contributed by atoms with van der Waals surface area (Å²) in [4.78, 5) is 0. The Hall–Kier alpha value is -0.340. The molecule has 0 aliphatic carbocycles. The van der Waals surface area contributed by atoms with Gasteiger partial charge in [-0.2, -0.15) is 11.3 Å². The molecule has 0 saturated carbocycles. The van der Waals surface area contributed by atoms with Crippen LogP contribution in [0.3, 0.4) is 0 Å². The Labute approximate surface area is 91.5 Å². The summed E-state index contributed by atoms with van der Waals surface area (Å²) in [7, 11) is 0. The van der Waals surface area contributed by atoms with Crippen molar-refractivity contribution in [2.75, 3.05) is 13.1 Å². The second kappa shape index (κ2) is 7.02. The van der Waals surface area contributed by atoms with E-state index in [1.54, 1.807) is 11.3 Å². The molecule has 0 spiro atoms. The normalized spacial score (nSPS) is 13.0. The number of rotatable bonds is 7. The van der Waals surface area contributed by atoms with Gasteiger partial charge in [0.25, 0.3) is 0 Å². The topological polar surface area (TPSA) is 12.0 Å². The van der Waals surface area contributed by atoms with Gasteiger partial charge in [0.2, 0.25) is 0 Å². The van der Waals surface area contributed by atoms with Gasteiger partial charge in [0.15, 0.2) is 0 Å². The zero-order chi connectivity index (χ0) is 10.2. The Balaban J connectivity index is 2.07. The Kier molecular flexibility index (Phi) is 5.88. The smallest absolute Gasteiger partial charge is 0.00463 e. The van der Waals surface area contributed by atoms with E-state index in [4.69, 9.17) is 0 Å². The van der Waals surface area contributed by atoms with E-state index < -0.39 is 0 Å². The summed E-state index contributed by atoms with van der Waals surface area (Å²) >= 11 is 1.80. The third-order valence-corrected chi connectivity index (χ3v) is 3.14. The predicted octanol–water partition coefficient (Wildman–Crippen LogP) is 3.32. The van der Waals surface area contributed by atoms with Crippen LogP contribution in [-0.4, -0.2) is 13.1 Å². The Morgan fingerprint density at radius 1 is 1.43 bits per heavy atom. The maximum absolute atomic E-state index is 3.45. The van der Waals surface area contributed by atoms with Crippen molar-refractivity contribution in [2.45, 2.75) is 33.1 Å². The lowest BCUT2D eigenvalue weighted by Crippen LogP contribution is -2.18. The summed E-state index contributed by atoms with van der Waals surface area (Å²) in [6.07, 6.45) is 3.76. The molecular formula is C12H21NS. The zero-order valence-corrected chi connectivity index (χ0v) is 10.1. The van der Waals surface area contributed by atoms with Crippen LogP contribution in [0, 0.1) is 5.92 Å². The molecule has 2 heteroatoms. The van der Waals surface area contributed by atoms with Crippen LogP contribution >= 0.6 is 11.3 Å². The first kappa shape index (κ1) is 11.7. The van der Waals surface area contributed by atoms with Crippen LogP contribution in [0.15, 0.2) is 16.8 Å². The molecule has 1 atom stereocenters. The number of hydrogen-bond acceptors (Lipinski definition) is 2. The second-order valence-corrected chi connectivity index (χ2v) is 4.76. The zero-order valence-electron chi connectivity index (χ0n) is 9.25. The first-order valence-electron chi connectivity index (χ1n) is 5.54. The maximum atomic E-state index is 3.45. The van der Waals surface area contributed by atoms with E-state index in [2.05, 4.69) is 36.0 Å². The number of thiophene rings is 1. The average Bonchev–Trinajstić information content (AvgIpc) is 2.65. The molecule has 0 aliphatic heterocycles. The minimum atomic E-state index is 0.800. The lowest BCUT2D eigenvalue weighted by Gasteiger charge is -2.10. The third kappa shape index (κ3) is 4.77. The molecule has 0 aliphatic rings. The maximum Gasteiger partial charge on any atom is -0.00463 e. The van der Waals surface area contributed by atoms with Gasteiger partial charge in [-0.3, -0.25) is 0 Å². The van der Waals surface area contributed by atoms with Gasteiger partial charge >= 0.3 is 0 Å². The first-order chi connectivity index (χ1) is 6.83. The van der Waals surface area contributed by atoms with Crippen LogP contribution in [0.1, 0.15) is 32.3 Å². The SMILES string of the molecule is CCCNCCC(C)Cc1ccsc1. The fourth-order valence-corrected chi connectivity index (χ4v) is 2.24. The fourth-order valence-electron chi connectivity index (χ4n) is 1.56. The van der Waals surface area contributed by atoms with Crippen LogP contribution in [0.4, 0.5) is 0 Å². The van der Waals surface area contributed by atoms with E-state index in [0.29, 0.717) is 0 Å². The van der Waals surface area contributed by atoms with Crippen LogP contribution in [0.2, 0.25) is 0 Å². The molecule has 1 unspecified atom stereocenters. The van der Waals surface area contributed by atoms with E-state index in [1.807, 2.05) is 0 Å². The molecule has 1 heterocycles. The van der Waals surface area contributed by atoms with Crippen LogP contribution < -0.4 is 5.32 Å². The molecule has 0 amide bonds. The van der Waals surface area contributed by atoms with E-state index in [-0.39, 0.29) is 0 Å². The summed E-state index contributed by atoms with van der Waals surface area (Å²) in [5.74, 6) is 0.800. The molecule has 0 radical (unpaired) electrons. The average molecular weight is 211 g/mol. The van der Waals surface area contributed by atoms with E-state index in [1.165, 1.54) is 31.4 Å². The number of nitrogens with one attached hydrogen (secondary N) is 1. The van der Waals surface area contributed by atoms with Crippen molar-refractivity contribution in [1.29, 1.82) is 0 Å². The summed E-state index contributed by atoms with van der Waals surface area (Å²) < 4.78 is 0. The molecule has 0 saturated heterocycles.